The molecule has 1 fully saturated rings. The molecular weight excluding hydrogens is 326 g/mol. The zero-order valence-electron chi connectivity index (χ0n) is 16.2. The lowest BCUT2D eigenvalue weighted by Crippen LogP contribution is -2.23. The standard InChI is InChI=1S/C24H32F2/c1-3-4-18-6-12-20(13-7-18)21-14-8-19(9-15-21)10-16-22-11-5-17(2)23(25)24(22)26/h3-6,11-12,18-21H,7-10,13-16H2,1-2H3/b4-3+. The van der Waals surface area contributed by atoms with E-state index in [0.717, 1.165) is 18.3 Å². The molecule has 0 aromatic heterocycles. The van der Waals surface area contributed by atoms with Crippen LogP contribution in [0.15, 0.2) is 36.4 Å². The molecule has 26 heavy (non-hydrogen) atoms. The summed E-state index contributed by atoms with van der Waals surface area (Å²) in [6, 6.07) is 3.45. The van der Waals surface area contributed by atoms with Gasteiger partial charge in [-0.2, -0.15) is 0 Å². The van der Waals surface area contributed by atoms with Crippen LogP contribution in [0.25, 0.3) is 0 Å². The Hall–Kier alpha value is -1.44. The minimum atomic E-state index is -0.675. The van der Waals surface area contributed by atoms with Crippen molar-refractivity contribution in [2.75, 3.05) is 0 Å². The van der Waals surface area contributed by atoms with E-state index >= 15 is 0 Å². The Morgan fingerprint density at radius 3 is 2.38 bits per heavy atom. The number of rotatable bonds is 5. The van der Waals surface area contributed by atoms with Gasteiger partial charge in [-0.1, -0.05) is 49.3 Å². The Labute approximate surface area is 157 Å². The topological polar surface area (TPSA) is 0 Å². The van der Waals surface area contributed by atoms with Gasteiger partial charge < -0.3 is 0 Å². The van der Waals surface area contributed by atoms with Gasteiger partial charge in [-0.3, -0.25) is 0 Å². The summed E-state index contributed by atoms with van der Waals surface area (Å²) in [7, 11) is 0. The molecule has 0 aliphatic heterocycles. The molecule has 2 aliphatic carbocycles. The van der Waals surface area contributed by atoms with Crippen molar-refractivity contribution < 1.29 is 8.78 Å². The molecule has 0 radical (unpaired) electrons. The fourth-order valence-electron chi connectivity index (χ4n) is 4.81. The van der Waals surface area contributed by atoms with Crippen molar-refractivity contribution in [3.63, 3.8) is 0 Å². The maximum atomic E-state index is 14.0. The van der Waals surface area contributed by atoms with E-state index in [2.05, 4.69) is 31.2 Å². The van der Waals surface area contributed by atoms with E-state index in [1.165, 1.54) is 38.5 Å². The molecule has 2 atom stereocenters. The molecule has 0 amide bonds. The Morgan fingerprint density at radius 2 is 1.73 bits per heavy atom. The first-order valence-electron chi connectivity index (χ1n) is 10.3. The van der Waals surface area contributed by atoms with Crippen LogP contribution in [0.1, 0.15) is 63.0 Å². The van der Waals surface area contributed by atoms with Crippen LogP contribution in [0.3, 0.4) is 0 Å². The predicted molar refractivity (Wildman–Crippen MR) is 105 cm³/mol. The lowest BCUT2D eigenvalue weighted by Gasteiger charge is -2.34. The lowest BCUT2D eigenvalue weighted by atomic mass is 9.71. The SMILES string of the molecule is C/C=C/C1C=CC(C2CCC(CCc3ccc(C)c(F)c3F)CC2)CC1. The molecule has 1 aromatic rings. The van der Waals surface area contributed by atoms with Gasteiger partial charge in [0, 0.05) is 0 Å². The average Bonchev–Trinajstić information content (AvgIpc) is 2.67. The minimum absolute atomic E-state index is 0.393. The first-order chi connectivity index (χ1) is 12.6. The Kier molecular flexibility index (Phi) is 6.67. The van der Waals surface area contributed by atoms with Gasteiger partial charge in [0.1, 0.15) is 0 Å². The van der Waals surface area contributed by atoms with Gasteiger partial charge in [-0.25, -0.2) is 8.78 Å². The second kappa shape index (κ2) is 8.97. The molecule has 142 valence electrons. The van der Waals surface area contributed by atoms with Crippen molar-refractivity contribution in [3.8, 4) is 0 Å². The zero-order chi connectivity index (χ0) is 18.5. The van der Waals surface area contributed by atoms with Crippen molar-refractivity contribution in [2.45, 2.75) is 65.2 Å². The van der Waals surface area contributed by atoms with Crippen molar-refractivity contribution in [3.05, 3.63) is 59.2 Å². The summed E-state index contributed by atoms with van der Waals surface area (Å²) >= 11 is 0. The molecule has 0 nitrogen and oxygen atoms in total. The Balaban J connectivity index is 1.46. The van der Waals surface area contributed by atoms with E-state index in [1.807, 2.05) is 0 Å². The fourth-order valence-corrected chi connectivity index (χ4v) is 4.81. The highest BCUT2D eigenvalue weighted by atomic mass is 19.2. The van der Waals surface area contributed by atoms with Crippen LogP contribution in [-0.4, -0.2) is 0 Å². The summed E-state index contributed by atoms with van der Waals surface area (Å²) in [6.45, 7) is 3.71. The van der Waals surface area contributed by atoms with E-state index < -0.39 is 11.6 Å². The van der Waals surface area contributed by atoms with Crippen molar-refractivity contribution in [1.82, 2.24) is 0 Å². The van der Waals surface area contributed by atoms with E-state index in [0.29, 0.717) is 29.4 Å². The van der Waals surface area contributed by atoms with Gasteiger partial charge in [-0.15, -0.1) is 0 Å². The highest BCUT2D eigenvalue weighted by molar-refractivity contribution is 5.25. The first kappa shape index (κ1) is 19.3. The number of allylic oxidation sites excluding steroid dienone is 4. The summed E-state index contributed by atoms with van der Waals surface area (Å²) in [6.07, 6.45) is 18.6. The van der Waals surface area contributed by atoms with Crippen LogP contribution in [-0.2, 0) is 6.42 Å². The van der Waals surface area contributed by atoms with Gasteiger partial charge in [0.15, 0.2) is 11.6 Å². The van der Waals surface area contributed by atoms with Crippen LogP contribution < -0.4 is 0 Å². The van der Waals surface area contributed by atoms with Crippen LogP contribution in [0, 0.1) is 42.2 Å². The molecule has 3 rings (SSSR count). The van der Waals surface area contributed by atoms with Gasteiger partial charge in [0.2, 0.25) is 0 Å². The van der Waals surface area contributed by atoms with Gasteiger partial charge >= 0.3 is 0 Å². The molecule has 1 aromatic carbocycles. The second-order valence-electron chi connectivity index (χ2n) is 8.30. The van der Waals surface area contributed by atoms with Crippen LogP contribution >= 0.6 is 0 Å². The molecule has 2 heteroatoms. The van der Waals surface area contributed by atoms with Gasteiger partial charge in [0.05, 0.1) is 0 Å². The smallest absolute Gasteiger partial charge is 0.162 e. The highest BCUT2D eigenvalue weighted by Gasteiger charge is 2.28. The zero-order valence-corrected chi connectivity index (χ0v) is 16.2. The normalized spacial score (nSPS) is 29.4. The second-order valence-corrected chi connectivity index (χ2v) is 8.30. The summed E-state index contributed by atoms with van der Waals surface area (Å²) in [5, 5.41) is 0. The molecule has 0 bridgehead atoms. The number of aryl methyl sites for hydroxylation is 2. The summed E-state index contributed by atoms with van der Waals surface area (Å²) in [5.41, 5.74) is 0.935. The molecule has 0 saturated heterocycles. The lowest BCUT2D eigenvalue weighted by molar-refractivity contribution is 0.208. The Bertz CT molecular complexity index is 650. The predicted octanol–water partition coefficient (Wildman–Crippen LogP) is 7.17. The number of benzene rings is 1. The number of hydrogen-bond acceptors (Lipinski definition) is 0. The number of hydrogen-bond donors (Lipinski definition) is 0. The molecule has 1 saturated carbocycles. The molecule has 0 N–H and O–H groups in total. The largest absolute Gasteiger partial charge is 0.203 e. The molecule has 2 unspecified atom stereocenters. The molecule has 0 spiro atoms. The van der Waals surface area contributed by atoms with E-state index in [-0.39, 0.29) is 0 Å². The van der Waals surface area contributed by atoms with Crippen LogP contribution in [0.4, 0.5) is 8.78 Å². The van der Waals surface area contributed by atoms with E-state index in [4.69, 9.17) is 0 Å². The third-order valence-corrected chi connectivity index (χ3v) is 6.55. The molecule has 2 aliphatic rings. The van der Waals surface area contributed by atoms with Crippen molar-refractivity contribution >= 4 is 0 Å². The monoisotopic (exact) mass is 358 g/mol. The Morgan fingerprint density at radius 1 is 0.962 bits per heavy atom. The minimum Gasteiger partial charge on any atom is -0.203 e. The van der Waals surface area contributed by atoms with E-state index in [1.54, 1.807) is 19.1 Å². The quantitative estimate of drug-likeness (QED) is 0.489. The highest BCUT2D eigenvalue weighted by Crippen LogP contribution is 2.40. The van der Waals surface area contributed by atoms with Crippen LogP contribution in [0.2, 0.25) is 0 Å². The summed E-state index contributed by atoms with van der Waals surface area (Å²) in [5.74, 6) is 1.56. The van der Waals surface area contributed by atoms with Gasteiger partial charge in [0.25, 0.3) is 0 Å². The van der Waals surface area contributed by atoms with Gasteiger partial charge in [-0.05, 0) is 87.2 Å². The summed E-state index contributed by atoms with van der Waals surface area (Å²) < 4.78 is 27.7. The molecule has 0 heterocycles. The maximum Gasteiger partial charge on any atom is 0.162 e. The fraction of sp³-hybridized carbons (Fsp3) is 0.583. The number of halogens is 2. The average molecular weight is 359 g/mol. The van der Waals surface area contributed by atoms with Crippen molar-refractivity contribution in [2.24, 2.45) is 23.7 Å². The molecular formula is C24H32F2. The van der Waals surface area contributed by atoms with E-state index in [9.17, 15) is 8.78 Å². The third kappa shape index (κ3) is 4.64. The van der Waals surface area contributed by atoms with Crippen molar-refractivity contribution in [1.29, 1.82) is 0 Å². The first-order valence-corrected chi connectivity index (χ1v) is 10.3. The summed E-state index contributed by atoms with van der Waals surface area (Å²) in [4.78, 5) is 0. The third-order valence-electron chi connectivity index (χ3n) is 6.55. The maximum absolute atomic E-state index is 14.0. The van der Waals surface area contributed by atoms with Crippen LogP contribution in [0.5, 0.6) is 0 Å².